The number of phenols is 1. The van der Waals surface area contributed by atoms with Crippen LogP contribution in [0, 0.1) is 13.8 Å². The van der Waals surface area contributed by atoms with Gasteiger partial charge in [0, 0.05) is 6.20 Å². The number of hydrogen-bond acceptors (Lipinski definition) is 2. The first-order chi connectivity index (χ1) is 10.1. The van der Waals surface area contributed by atoms with Crippen LogP contribution < -0.4 is 10.6 Å². The van der Waals surface area contributed by atoms with Crippen LogP contribution in [0.2, 0.25) is 0 Å². The number of hydrogen-bond donors (Lipinski definition) is 3. The van der Waals surface area contributed by atoms with Crippen LogP contribution >= 0.6 is 0 Å². The molecule has 4 heteroatoms. The summed E-state index contributed by atoms with van der Waals surface area (Å²) in [6.07, 6.45) is 3.40. The molecule has 0 fully saturated rings. The normalized spacial score (nSPS) is 10.6. The summed E-state index contributed by atoms with van der Waals surface area (Å²) in [6, 6.07) is 12.5. The summed E-state index contributed by atoms with van der Waals surface area (Å²) >= 11 is 0. The molecule has 0 radical (unpaired) electrons. The van der Waals surface area contributed by atoms with Crippen molar-refractivity contribution < 1.29 is 9.90 Å². The van der Waals surface area contributed by atoms with Crippen molar-refractivity contribution in [3.05, 3.63) is 65.4 Å². The quantitative estimate of drug-likeness (QED) is 0.750. The standard InChI is InChI=1S/C17H18N2O2/c1-12-7-8-16(20)15(11-12)19-17(21)18-10-9-14-6-4-3-5-13(14)2/h3-11,20H,1-2H3,(H2,18,19,21)/b10-9+. The number of anilines is 1. The Morgan fingerprint density at radius 3 is 2.67 bits per heavy atom. The Hall–Kier alpha value is -2.75. The minimum absolute atomic E-state index is 0.0404. The van der Waals surface area contributed by atoms with Crippen LogP contribution in [-0.2, 0) is 0 Å². The lowest BCUT2D eigenvalue weighted by atomic mass is 10.1. The van der Waals surface area contributed by atoms with Crippen molar-refractivity contribution in [2.75, 3.05) is 5.32 Å². The highest BCUT2D eigenvalue weighted by Gasteiger charge is 2.04. The Morgan fingerprint density at radius 2 is 1.90 bits per heavy atom. The Kier molecular flexibility index (Phi) is 4.61. The molecule has 0 aromatic heterocycles. The van der Waals surface area contributed by atoms with E-state index in [1.54, 1.807) is 24.4 Å². The third-order valence-electron chi connectivity index (χ3n) is 3.07. The zero-order valence-electron chi connectivity index (χ0n) is 12.1. The molecule has 2 aromatic rings. The lowest BCUT2D eigenvalue weighted by Crippen LogP contribution is -2.23. The monoisotopic (exact) mass is 282 g/mol. The van der Waals surface area contributed by atoms with Crippen LogP contribution in [0.5, 0.6) is 5.75 Å². The highest BCUT2D eigenvalue weighted by atomic mass is 16.3. The number of aromatic hydroxyl groups is 1. The van der Waals surface area contributed by atoms with Gasteiger partial charge in [0.15, 0.2) is 0 Å². The molecular weight excluding hydrogens is 264 g/mol. The second kappa shape index (κ2) is 6.61. The summed E-state index contributed by atoms with van der Waals surface area (Å²) in [5.41, 5.74) is 3.51. The molecule has 0 heterocycles. The van der Waals surface area contributed by atoms with Gasteiger partial charge in [-0.15, -0.1) is 0 Å². The molecule has 4 nitrogen and oxygen atoms in total. The number of carbonyl (C=O) groups excluding carboxylic acids is 1. The number of carbonyl (C=O) groups is 1. The molecule has 0 aliphatic carbocycles. The average molecular weight is 282 g/mol. The van der Waals surface area contributed by atoms with Gasteiger partial charge in [-0.25, -0.2) is 4.79 Å². The third-order valence-corrected chi connectivity index (χ3v) is 3.07. The summed E-state index contributed by atoms with van der Waals surface area (Å²) in [5.74, 6) is 0.0404. The van der Waals surface area contributed by atoms with Gasteiger partial charge >= 0.3 is 6.03 Å². The van der Waals surface area contributed by atoms with Crippen LogP contribution in [-0.4, -0.2) is 11.1 Å². The van der Waals surface area contributed by atoms with E-state index in [1.165, 1.54) is 0 Å². The lowest BCUT2D eigenvalue weighted by molar-refractivity contribution is 0.255. The van der Waals surface area contributed by atoms with Crippen molar-refractivity contribution in [2.24, 2.45) is 0 Å². The molecule has 0 saturated heterocycles. The highest BCUT2D eigenvalue weighted by Crippen LogP contribution is 2.23. The molecule has 2 rings (SSSR count). The van der Waals surface area contributed by atoms with Gasteiger partial charge < -0.3 is 15.7 Å². The number of amides is 2. The Balaban J connectivity index is 1.96. The van der Waals surface area contributed by atoms with Gasteiger partial charge in [0.2, 0.25) is 0 Å². The van der Waals surface area contributed by atoms with E-state index in [9.17, 15) is 9.90 Å². The van der Waals surface area contributed by atoms with Crippen molar-refractivity contribution in [1.29, 1.82) is 0 Å². The predicted molar refractivity (Wildman–Crippen MR) is 85.2 cm³/mol. The smallest absolute Gasteiger partial charge is 0.323 e. The number of rotatable bonds is 3. The van der Waals surface area contributed by atoms with Crippen LogP contribution in [0.1, 0.15) is 16.7 Å². The van der Waals surface area contributed by atoms with Crippen molar-refractivity contribution in [2.45, 2.75) is 13.8 Å². The van der Waals surface area contributed by atoms with Crippen molar-refractivity contribution in [3.8, 4) is 5.75 Å². The molecule has 2 amide bonds. The number of aryl methyl sites for hydroxylation is 2. The SMILES string of the molecule is Cc1ccc(O)c(NC(=O)N/C=C/c2ccccc2C)c1. The maximum absolute atomic E-state index is 11.8. The molecule has 0 unspecified atom stereocenters. The number of nitrogens with one attached hydrogen (secondary N) is 2. The van der Waals surface area contributed by atoms with E-state index in [0.29, 0.717) is 5.69 Å². The van der Waals surface area contributed by atoms with E-state index in [-0.39, 0.29) is 5.75 Å². The van der Waals surface area contributed by atoms with Crippen LogP contribution in [0.4, 0.5) is 10.5 Å². The van der Waals surface area contributed by atoms with Gasteiger partial charge in [-0.05, 0) is 48.7 Å². The van der Waals surface area contributed by atoms with Gasteiger partial charge in [0.05, 0.1) is 5.69 Å². The number of phenolic OH excluding ortho intramolecular Hbond substituents is 1. The van der Waals surface area contributed by atoms with E-state index in [2.05, 4.69) is 10.6 Å². The van der Waals surface area contributed by atoms with E-state index in [4.69, 9.17) is 0 Å². The van der Waals surface area contributed by atoms with Crippen molar-refractivity contribution >= 4 is 17.8 Å². The fourth-order valence-corrected chi connectivity index (χ4v) is 1.89. The van der Waals surface area contributed by atoms with E-state index >= 15 is 0 Å². The third kappa shape index (κ3) is 4.11. The topological polar surface area (TPSA) is 61.4 Å². The van der Waals surface area contributed by atoms with E-state index < -0.39 is 6.03 Å². The molecule has 3 N–H and O–H groups in total. The maximum Gasteiger partial charge on any atom is 0.323 e. The summed E-state index contributed by atoms with van der Waals surface area (Å²) < 4.78 is 0. The first-order valence-electron chi connectivity index (χ1n) is 6.65. The first kappa shape index (κ1) is 14.7. The predicted octanol–water partition coefficient (Wildman–Crippen LogP) is 3.80. The molecule has 2 aromatic carbocycles. The second-order valence-electron chi connectivity index (χ2n) is 4.81. The van der Waals surface area contributed by atoms with E-state index in [0.717, 1.165) is 16.7 Å². The summed E-state index contributed by atoms with van der Waals surface area (Å²) in [5, 5.41) is 14.9. The zero-order valence-corrected chi connectivity index (χ0v) is 12.1. The van der Waals surface area contributed by atoms with Gasteiger partial charge in [0.1, 0.15) is 5.75 Å². The zero-order chi connectivity index (χ0) is 15.2. The lowest BCUT2D eigenvalue weighted by Gasteiger charge is -2.07. The molecule has 0 atom stereocenters. The fourth-order valence-electron chi connectivity index (χ4n) is 1.89. The largest absolute Gasteiger partial charge is 0.506 e. The van der Waals surface area contributed by atoms with Gasteiger partial charge in [-0.2, -0.15) is 0 Å². The van der Waals surface area contributed by atoms with Crippen LogP contribution in [0.25, 0.3) is 6.08 Å². The molecule has 108 valence electrons. The van der Waals surface area contributed by atoms with E-state index in [1.807, 2.05) is 44.2 Å². The van der Waals surface area contributed by atoms with Crippen molar-refractivity contribution in [3.63, 3.8) is 0 Å². The number of benzene rings is 2. The molecule has 0 aliphatic rings. The molecule has 21 heavy (non-hydrogen) atoms. The second-order valence-corrected chi connectivity index (χ2v) is 4.81. The molecule has 0 bridgehead atoms. The highest BCUT2D eigenvalue weighted by molar-refractivity contribution is 5.91. The average Bonchev–Trinajstić information content (AvgIpc) is 2.45. The van der Waals surface area contributed by atoms with Crippen LogP contribution in [0.15, 0.2) is 48.7 Å². The minimum atomic E-state index is -0.402. The maximum atomic E-state index is 11.8. The Morgan fingerprint density at radius 1 is 1.14 bits per heavy atom. The molecule has 0 spiro atoms. The number of urea groups is 1. The summed E-state index contributed by atoms with van der Waals surface area (Å²) in [6.45, 7) is 3.89. The van der Waals surface area contributed by atoms with Gasteiger partial charge in [-0.1, -0.05) is 30.3 Å². The first-order valence-corrected chi connectivity index (χ1v) is 6.65. The Labute approximate surface area is 124 Å². The molecule has 0 saturated carbocycles. The summed E-state index contributed by atoms with van der Waals surface area (Å²) in [4.78, 5) is 11.8. The fraction of sp³-hybridized carbons (Fsp3) is 0.118. The van der Waals surface area contributed by atoms with Crippen molar-refractivity contribution in [1.82, 2.24) is 5.32 Å². The molecule has 0 aliphatic heterocycles. The minimum Gasteiger partial charge on any atom is -0.506 e. The van der Waals surface area contributed by atoms with Gasteiger partial charge in [0.25, 0.3) is 0 Å². The summed E-state index contributed by atoms with van der Waals surface area (Å²) in [7, 11) is 0. The Bertz CT molecular complexity index is 678. The van der Waals surface area contributed by atoms with Crippen LogP contribution in [0.3, 0.4) is 0 Å². The molecular formula is C17H18N2O2. The van der Waals surface area contributed by atoms with Gasteiger partial charge in [-0.3, -0.25) is 0 Å².